The van der Waals surface area contributed by atoms with Crippen molar-refractivity contribution >= 4 is 69.1 Å². The van der Waals surface area contributed by atoms with E-state index in [0.717, 1.165) is 29.7 Å². The number of aromatic nitrogens is 8. The van der Waals surface area contributed by atoms with Crippen molar-refractivity contribution in [3.63, 3.8) is 0 Å². The number of esters is 1. The molecule has 2 bridgehead atoms. The highest BCUT2D eigenvalue weighted by molar-refractivity contribution is 6.39. The minimum Gasteiger partial charge on any atom is -0.460 e. The highest BCUT2D eigenvalue weighted by Gasteiger charge is 2.57. The second-order valence-electron chi connectivity index (χ2n) is 33.7. The summed E-state index contributed by atoms with van der Waals surface area (Å²) >= 11 is 0. The van der Waals surface area contributed by atoms with E-state index in [9.17, 15) is 44.1 Å². The first-order valence-electron chi connectivity index (χ1n) is 45.1. The molecule has 1 aromatic carbocycles. The molecule has 2 saturated heterocycles. The Labute approximate surface area is 749 Å². The van der Waals surface area contributed by atoms with Gasteiger partial charge in [-0.05, 0) is 132 Å². The number of nitrogens with one attached hydrogen (secondary N) is 1. The topological polar surface area (TPSA) is 469 Å². The minimum atomic E-state index is -2.76. The Morgan fingerprint density at radius 2 is 1.40 bits per heavy atom. The van der Waals surface area contributed by atoms with E-state index in [0.29, 0.717) is 214 Å². The maximum Gasteiger partial charge on any atom is 0.329 e. The van der Waals surface area contributed by atoms with E-state index in [1.54, 1.807) is 81.6 Å². The zero-order valence-electron chi connectivity index (χ0n) is 76.2. The molecule has 5 aromatic rings. The number of rotatable bonds is 45. The maximum absolute atomic E-state index is 14.8. The second kappa shape index (κ2) is 53.9. The van der Waals surface area contributed by atoms with Crippen molar-refractivity contribution in [2.45, 2.75) is 219 Å². The number of hydrogen-bond donors (Lipinski definition) is 6. The summed E-state index contributed by atoms with van der Waals surface area (Å²) in [7, 11) is 4.47. The Bertz CT molecular complexity index is 4380. The molecule has 0 unspecified atom stereocenters. The number of ether oxygens (including phenoxy) is 15. The lowest BCUT2D eigenvalue weighted by Crippen LogP contribution is -2.63. The average molecular weight is 1800 g/mol. The number of aliphatic hydroxyl groups is 3. The monoisotopic (exact) mass is 1800 g/mol. The number of Topliss-reactive ketones (excluding diaryl/α,β-unsaturated/α-hetero) is 3. The van der Waals surface area contributed by atoms with Gasteiger partial charge in [0.25, 0.3) is 17.7 Å². The third-order valence-corrected chi connectivity index (χ3v) is 23.8. The van der Waals surface area contributed by atoms with E-state index in [1.165, 1.54) is 20.5 Å². The summed E-state index contributed by atoms with van der Waals surface area (Å²) in [6, 6.07) is 4.31. The van der Waals surface area contributed by atoms with Gasteiger partial charge >= 0.3 is 5.97 Å². The molecule has 128 heavy (non-hydrogen) atoms. The van der Waals surface area contributed by atoms with Gasteiger partial charge in [0.15, 0.2) is 22.8 Å². The van der Waals surface area contributed by atoms with Crippen molar-refractivity contribution in [1.29, 1.82) is 0 Å². The van der Waals surface area contributed by atoms with Crippen LogP contribution in [0.5, 0.6) is 0 Å². The summed E-state index contributed by atoms with van der Waals surface area (Å²) in [4.78, 5) is 98.7. The largest absolute Gasteiger partial charge is 0.460 e. The fourth-order valence-corrected chi connectivity index (χ4v) is 16.4. The number of amides is 2. The molecule has 37 heteroatoms. The van der Waals surface area contributed by atoms with Crippen LogP contribution < -0.4 is 16.8 Å². The first kappa shape index (κ1) is 103. The Morgan fingerprint density at radius 3 is 2.07 bits per heavy atom. The zero-order chi connectivity index (χ0) is 92.0. The molecule has 712 valence electrons. The third kappa shape index (κ3) is 32.0. The number of oxazole rings is 1. The van der Waals surface area contributed by atoms with E-state index < -0.39 is 83.4 Å². The molecule has 4 aromatic heterocycles. The van der Waals surface area contributed by atoms with Crippen molar-refractivity contribution in [2.75, 3.05) is 165 Å². The van der Waals surface area contributed by atoms with Gasteiger partial charge in [0.05, 0.1) is 162 Å². The van der Waals surface area contributed by atoms with Crippen molar-refractivity contribution < 1.29 is 120 Å². The van der Waals surface area contributed by atoms with Crippen LogP contribution in [0, 0.1) is 35.5 Å². The molecular formula is C91H138N12O25. The number of carbonyl (C=O) groups is 6. The summed E-state index contributed by atoms with van der Waals surface area (Å²) in [5.41, 5.74) is 16.9. The first-order valence-corrected chi connectivity index (χ1v) is 45.1. The number of anilines is 2. The van der Waals surface area contributed by atoms with E-state index in [-0.39, 0.29) is 112 Å². The number of methoxy groups -OCH3 is 3. The quantitative estimate of drug-likeness (QED) is 0.00946. The highest BCUT2D eigenvalue weighted by atomic mass is 16.7. The summed E-state index contributed by atoms with van der Waals surface area (Å²) < 4.78 is 95.9. The average Bonchev–Trinajstić information content (AvgIpc) is 1.18. The number of fused-ring (bicyclic) bond motifs is 5. The number of carbonyl (C=O) groups excluding carboxylic acids is 6. The number of cyclic esters (lactones) is 1. The van der Waals surface area contributed by atoms with Crippen LogP contribution in [-0.4, -0.2) is 303 Å². The van der Waals surface area contributed by atoms with Crippen molar-refractivity contribution in [1.82, 2.24) is 49.9 Å². The lowest BCUT2D eigenvalue weighted by Gasteiger charge is -2.46. The molecule has 3 fully saturated rings. The predicted octanol–water partition coefficient (Wildman–Crippen LogP) is 7.57. The normalized spacial score (nSPS) is 27.0. The standard InChI is InChI=1S/C91H138N12O25/c1-60-18-12-11-13-19-61(2)77(114-9)56-90(111)27-25-66(7)91(112,128-90)84(108)87(109)102-29-16-14-20-71(102)88(110)126-75(55-72(104)62(3)51-65(6)82(107)83(115-10)81(106)64(5)50-60)63(4)52-67-21-23-74(76(53-67)113-8)125-49-48-124-58-69-57-101(100-98-69)31-33-117-35-37-119-39-41-121-43-45-123-47-46-122-44-42-120-40-38-118-36-34-116-32-26-78(105)94-28-15-17-30-103-86-79(85(92)95-59-96-86)80(99-103)68-22-24-73-70(54-68)97-89(93)127-73/h11-13,18-19,22,24,51,54,57,59-60,62-64,66-67,71,74-77,82-83,107,111-112H,14-17,20-21,23,25-50,52-53,55-56,58H2,1-10H3,(H2,93,97)(H,94,105)(H2,92,95,96)/b13-11+,18-12+,61-19+,65-51+/t60-,62-,63-,64-,66-,67+,71+,74-,75+,76-,77+,82-,83+,90+,91-/m1/s1. The molecule has 15 atom stereocenters. The Kier molecular flexibility index (Phi) is 43.5. The highest BCUT2D eigenvalue weighted by Crippen LogP contribution is 2.43. The van der Waals surface area contributed by atoms with Gasteiger partial charge in [0, 0.05) is 90.0 Å². The van der Waals surface area contributed by atoms with Crippen LogP contribution in [0.4, 0.5) is 11.8 Å². The SMILES string of the molecule is CO[C@H]1C[C@]2(O)CC[C@@H](C)[C@@](O)(O2)C(=O)C(=O)N2CCCC[C@H]2C(=O)O[C@H]([C@H](C)C[C@@H]2CC[C@@H](OCCOCc3cn(CCOCCOCCOCCOCCOCCOCCOCCOCCC(=O)NCCCCn4nc(-c5ccc6oc(N)nc6c5)c5c(N)ncnc54)nn3)[C@H](OC)C2)CC(=O)[C@H](C)/C=C(\C)[C@@H](O)[C@@H](OC)C(=O)[C@H](C)C[C@H](C)/C=C/C=C/C=C/1C. The third-order valence-electron chi connectivity index (χ3n) is 23.8. The number of nitrogens with zero attached hydrogens (tertiary/aromatic N) is 9. The number of piperidine rings is 1. The van der Waals surface area contributed by atoms with Crippen LogP contribution in [-0.2, 0) is 120 Å². The smallest absolute Gasteiger partial charge is 0.329 e. The molecule has 1 aliphatic carbocycles. The van der Waals surface area contributed by atoms with E-state index >= 15 is 0 Å². The van der Waals surface area contributed by atoms with Gasteiger partial charge in [-0.25, -0.2) is 24.1 Å². The number of aliphatic hydroxyl groups excluding tert-OH is 1. The number of ketones is 3. The molecular weight excluding hydrogens is 1660 g/mol. The van der Waals surface area contributed by atoms with Crippen molar-refractivity contribution in [2.24, 2.45) is 35.5 Å². The number of nitrogen functional groups attached to an aromatic ring is 2. The number of hydrogen-bond acceptors (Lipinski definition) is 33. The molecule has 37 nitrogen and oxygen atoms in total. The Balaban J connectivity index is 0.590. The first-order chi connectivity index (χ1) is 61.7. The van der Waals surface area contributed by atoms with Gasteiger partial charge in [0.2, 0.25) is 11.7 Å². The van der Waals surface area contributed by atoms with E-state index in [2.05, 4.69) is 30.6 Å². The van der Waals surface area contributed by atoms with Gasteiger partial charge in [-0.3, -0.25) is 24.0 Å². The number of unbranched alkanes of at least 4 members (excludes halogenated alkanes) is 1. The fourth-order valence-electron chi connectivity index (χ4n) is 16.4. The molecule has 0 radical (unpaired) electrons. The lowest BCUT2D eigenvalue weighted by atomic mass is 9.78. The molecule has 4 aliphatic rings. The minimum absolute atomic E-state index is 0.00898. The van der Waals surface area contributed by atoms with Gasteiger partial charge in [-0.15, -0.1) is 5.10 Å². The summed E-state index contributed by atoms with van der Waals surface area (Å²) in [6.45, 7) is 21.1. The van der Waals surface area contributed by atoms with Crippen LogP contribution in [0.2, 0.25) is 0 Å². The number of benzene rings is 1. The molecule has 3 aliphatic heterocycles. The van der Waals surface area contributed by atoms with Gasteiger partial charge in [-0.1, -0.05) is 76.3 Å². The molecule has 9 rings (SSSR count). The Hall–Kier alpha value is -8.32. The Morgan fingerprint density at radius 1 is 0.727 bits per heavy atom. The number of nitrogens with two attached hydrogens (primary N) is 2. The van der Waals surface area contributed by atoms with E-state index in [4.69, 9.17) is 92.0 Å². The maximum atomic E-state index is 14.8. The lowest BCUT2D eigenvalue weighted by molar-refractivity contribution is -0.360. The molecule has 7 heterocycles. The predicted molar refractivity (Wildman–Crippen MR) is 470 cm³/mol. The van der Waals surface area contributed by atoms with Crippen molar-refractivity contribution in [3.05, 3.63) is 84.0 Å². The van der Waals surface area contributed by atoms with Crippen LogP contribution in [0.1, 0.15) is 150 Å². The van der Waals surface area contributed by atoms with Crippen LogP contribution in [0.25, 0.3) is 33.4 Å². The van der Waals surface area contributed by atoms with Gasteiger partial charge in [0.1, 0.15) is 59.2 Å². The van der Waals surface area contributed by atoms with Crippen LogP contribution in [0.3, 0.4) is 0 Å². The van der Waals surface area contributed by atoms with Crippen LogP contribution >= 0.6 is 0 Å². The zero-order valence-corrected chi connectivity index (χ0v) is 76.2. The van der Waals surface area contributed by atoms with Gasteiger partial charge < -0.3 is 112 Å². The fraction of sp³-hybridized carbons (Fsp3) is 0.692. The summed E-state index contributed by atoms with van der Waals surface area (Å²) in [5, 5.41) is 52.6. The number of allylic oxidation sites excluding steroid dienone is 6. The molecule has 0 spiro atoms. The number of aryl methyl sites for hydroxylation is 1. The molecule has 2 amide bonds. The van der Waals surface area contributed by atoms with Gasteiger partial charge in [-0.2, -0.15) is 10.1 Å². The second-order valence-corrected chi connectivity index (χ2v) is 33.7. The van der Waals surface area contributed by atoms with E-state index in [1.807, 2.05) is 44.2 Å². The van der Waals surface area contributed by atoms with Crippen LogP contribution in [0.15, 0.2) is 82.7 Å². The summed E-state index contributed by atoms with van der Waals surface area (Å²) in [5.74, 6) is -11.2. The summed E-state index contributed by atoms with van der Waals surface area (Å²) in [6.07, 6.45) is 14.7. The molecule has 1 saturated carbocycles. The molecule has 8 N–H and O–H groups in total. The van der Waals surface area contributed by atoms with Crippen molar-refractivity contribution in [3.8, 4) is 11.3 Å².